The van der Waals surface area contributed by atoms with Crippen LogP contribution in [-0.2, 0) is 10.0 Å². The molecule has 0 bridgehead atoms. The quantitative estimate of drug-likeness (QED) is 0.593. The molecule has 1 aromatic rings. The minimum absolute atomic E-state index is 0.117. The van der Waals surface area contributed by atoms with Crippen LogP contribution in [0.4, 0.5) is 11.6 Å². The molecule has 0 spiro atoms. The van der Waals surface area contributed by atoms with Crippen LogP contribution < -0.4 is 20.9 Å². The third kappa shape index (κ3) is 3.51. The zero-order chi connectivity index (χ0) is 12.2. The van der Waals surface area contributed by atoms with Crippen molar-refractivity contribution in [2.45, 2.75) is 0 Å². The number of nitrogens with two attached hydrogens (primary N) is 2. The summed E-state index contributed by atoms with van der Waals surface area (Å²) in [6.07, 6.45) is 1.25. The summed E-state index contributed by atoms with van der Waals surface area (Å²) in [5, 5.41) is 7.59. The highest BCUT2D eigenvalue weighted by Gasteiger charge is 2.09. The van der Waals surface area contributed by atoms with E-state index in [-0.39, 0.29) is 23.9 Å². The number of ether oxygens (including phenoxy) is 1. The largest absolute Gasteiger partial charge is 0.490 e. The van der Waals surface area contributed by atoms with E-state index in [2.05, 4.69) is 15.3 Å². The molecule has 16 heavy (non-hydrogen) atoms. The van der Waals surface area contributed by atoms with Gasteiger partial charge in [-0.05, 0) is 0 Å². The lowest BCUT2D eigenvalue weighted by Gasteiger charge is -2.10. The molecular formula is C7H13N5O3S. The number of methoxy groups -OCH3 is 1. The summed E-state index contributed by atoms with van der Waals surface area (Å²) in [5.41, 5.74) is 5.53. The van der Waals surface area contributed by atoms with Crippen molar-refractivity contribution >= 4 is 21.7 Å². The Labute approximate surface area is 93.1 Å². The van der Waals surface area contributed by atoms with Crippen molar-refractivity contribution in [2.75, 3.05) is 30.5 Å². The average Bonchev–Trinajstić information content (AvgIpc) is 2.16. The Kier molecular flexibility index (Phi) is 3.85. The first-order valence-electron chi connectivity index (χ1n) is 4.33. The zero-order valence-corrected chi connectivity index (χ0v) is 9.49. The molecule has 5 N–H and O–H groups in total. The maximum atomic E-state index is 10.7. The highest BCUT2D eigenvalue weighted by Crippen LogP contribution is 2.25. The molecule has 9 heteroatoms. The molecule has 8 nitrogen and oxygen atoms in total. The summed E-state index contributed by atoms with van der Waals surface area (Å²) in [7, 11) is -2.09. The van der Waals surface area contributed by atoms with E-state index in [1.165, 1.54) is 13.4 Å². The van der Waals surface area contributed by atoms with E-state index in [9.17, 15) is 8.42 Å². The SMILES string of the molecule is COc1c(N)ncnc1NCCS(N)(=O)=O. The van der Waals surface area contributed by atoms with E-state index in [1.807, 2.05) is 0 Å². The lowest BCUT2D eigenvalue weighted by molar-refractivity contribution is 0.415. The van der Waals surface area contributed by atoms with Gasteiger partial charge in [-0.25, -0.2) is 23.5 Å². The Hall–Kier alpha value is -1.61. The number of nitrogens with one attached hydrogen (secondary N) is 1. The van der Waals surface area contributed by atoms with Gasteiger partial charge in [-0.2, -0.15) is 0 Å². The van der Waals surface area contributed by atoms with E-state index in [0.717, 1.165) is 0 Å². The highest BCUT2D eigenvalue weighted by atomic mass is 32.2. The van der Waals surface area contributed by atoms with Crippen LogP contribution in [-0.4, -0.2) is 37.8 Å². The highest BCUT2D eigenvalue weighted by molar-refractivity contribution is 7.89. The molecule has 0 aliphatic rings. The molecule has 0 amide bonds. The van der Waals surface area contributed by atoms with Crippen molar-refractivity contribution in [3.05, 3.63) is 6.33 Å². The summed E-state index contributed by atoms with van der Waals surface area (Å²) >= 11 is 0. The zero-order valence-electron chi connectivity index (χ0n) is 8.67. The minimum atomic E-state index is -3.50. The van der Waals surface area contributed by atoms with Crippen molar-refractivity contribution < 1.29 is 13.2 Å². The van der Waals surface area contributed by atoms with Crippen LogP contribution in [0.1, 0.15) is 0 Å². The molecule has 1 aromatic heterocycles. The van der Waals surface area contributed by atoms with Gasteiger partial charge >= 0.3 is 0 Å². The summed E-state index contributed by atoms with van der Waals surface area (Å²) in [6.45, 7) is 0.117. The molecule has 0 saturated heterocycles. The number of rotatable bonds is 5. The molecule has 0 saturated carbocycles. The van der Waals surface area contributed by atoms with Gasteiger partial charge in [-0.1, -0.05) is 0 Å². The van der Waals surface area contributed by atoms with Gasteiger partial charge in [0.1, 0.15) is 6.33 Å². The lowest BCUT2D eigenvalue weighted by atomic mass is 10.4. The fourth-order valence-corrected chi connectivity index (χ4v) is 1.41. The number of nitrogen functional groups attached to an aromatic ring is 1. The molecule has 1 heterocycles. The molecular weight excluding hydrogens is 234 g/mol. The first-order valence-corrected chi connectivity index (χ1v) is 6.04. The predicted molar refractivity (Wildman–Crippen MR) is 59.5 cm³/mol. The van der Waals surface area contributed by atoms with Crippen LogP contribution >= 0.6 is 0 Å². The average molecular weight is 247 g/mol. The van der Waals surface area contributed by atoms with Crippen molar-refractivity contribution in [1.29, 1.82) is 0 Å². The van der Waals surface area contributed by atoms with Gasteiger partial charge in [-0.3, -0.25) is 0 Å². The van der Waals surface area contributed by atoms with Gasteiger partial charge in [0, 0.05) is 6.54 Å². The minimum Gasteiger partial charge on any atom is -0.490 e. The van der Waals surface area contributed by atoms with E-state index in [4.69, 9.17) is 15.6 Å². The predicted octanol–water partition coefficient (Wildman–Crippen LogP) is -1.23. The molecule has 90 valence electrons. The van der Waals surface area contributed by atoms with Gasteiger partial charge < -0.3 is 15.8 Å². The molecule has 0 aromatic carbocycles. The summed E-state index contributed by atoms with van der Waals surface area (Å²) in [4.78, 5) is 7.59. The first kappa shape index (κ1) is 12.5. The Morgan fingerprint density at radius 3 is 2.75 bits per heavy atom. The van der Waals surface area contributed by atoms with E-state index < -0.39 is 10.0 Å². The van der Waals surface area contributed by atoms with E-state index in [1.54, 1.807) is 0 Å². The van der Waals surface area contributed by atoms with Gasteiger partial charge in [0.25, 0.3) is 0 Å². The molecule has 1 rings (SSSR count). The van der Waals surface area contributed by atoms with Gasteiger partial charge in [0.2, 0.25) is 15.8 Å². The third-order valence-corrected chi connectivity index (χ3v) is 2.49. The molecule has 0 radical (unpaired) electrons. The molecule has 0 aliphatic carbocycles. The number of hydrogen-bond donors (Lipinski definition) is 3. The van der Waals surface area contributed by atoms with Crippen LogP contribution in [0.2, 0.25) is 0 Å². The van der Waals surface area contributed by atoms with E-state index >= 15 is 0 Å². The smallest absolute Gasteiger partial charge is 0.210 e. The lowest BCUT2D eigenvalue weighted by Crippen LogP contribution is -2.22. The number of hydrogen-bond acceptors (Lipinski definition) is 7. The van der Waals surface area contributed by atoms with Crippen LogP contribution in [0, 0.1) is 0 Å². The summed E-state index contributed by atoms with van der Waals surface area (Å²) in [6, 6.07) is 0. The first-order chi connectivity index (χ1) is 7.44. The Bertz CT molecular complexity index is 461. The molecule has 0 unspecified atom stereocenters. The number of anilines is 2. The van der Waals surface area contributed by atoms with Crippen molar-refractivity contribution in [3.8, 4) is 5.75 Å². The van der Waals surface area contributed by atoms with E-state index in [0.29, 0.717) is 5.82 Å². The fraction of sp³-hybridized carbons (Fsp3) is 0.429. The van der Waals surface area contributed by atoms with Crippen LogP contribution in [0.3, 0.4) is 0 Å². The van der Waals surface area contributed by atoms with Crippen molar-refractivity contribution in [3.63, 3.8) is 0 Å². The molecule has 0 aliphatic heterocycles. The van der Waals surface area contributed by atoms with Crippen LogP contribution in [0.5, 0.6) is 5.75 Å². The number of nitrogens with zero attached hydrogens (tertiary/aromatic N) is 2. The monoisotopic (exact) mass is 247 g/mol. The Balaban J connectivity index is 2.71. The van der Waals surface area contributed by atoms with Crippen molar-refractivity contribution in [1.82, 2.24) is 9.97 Å². The summed E-state index contributed by atoms with van der Waals surface area (Å²) in [5.74, 6) is 0.575. The van der Waals surface area contributed by atoms with Gasteiger partial charge in [0.15, 0.2) is 11.6 Å². The summed E-state index contributed by atoms with van der Waals surface area (Å²) < 4.78 is 26.3. The maximum absolute atomic E-state index is 10.7. The number of sulfonamides is 1. The fourth-order valence-electron chi connectivity index (χ4n) is 1.03. The normalized spacial score (nSPS) is 11.1. The maximum Gasteiger partial charge on any atom is 0.210 e. The number of primary sulfonamides is 1. The molecule has 0 atom stereocenters. The number of aromatic nitrogens is 2. The van der Waals surface area contributed by atoms with Gasteiger partial charge in [0.05, 0.1) is 12.9 Å². The standard InChI is InChI=1S/C7H13N5O3S/c1-15-5-6(8)11-4-12-7(5)10-2-3-16(9,13)14/h4H,2-3H2,1H3,(H2,9,13,14)(H3,8,10,11,12). The Morgan fingerprint density at radius 2 is 2.19 bits per heavy atom. The second kappa shape index (κ2) is 4.94. The molecule has 0 fully saturated rings. The van der Waals surface area contributed by atoms with Gasteiger partial charge in [-0.15, -0.1) is 0 Å². The topological polar surface area (TPSA) is 133 Å². The van der Waals surface area contributed by atoms with Crippen LogP contribution in [0.15, 0.2) is 6.33 Å². The third-order valence-electron chi connectivity index (χ3n) is 1.71. The van der Waals surface area contributed by atoms with Crippen molar-refractivity contribution in [2.24, 2.45) is 5.14 Å². The van der Waals surface area contributed by atoms with Crippen LogP contribution in [0.25, 0.3) is 0 Å². The Morgan fingerprint density at radius 1 is 1.50 bits per heavy atom. The second-order valence-electron chi connectivity index (χ2n) is 2.93. The second-order valence-corrected chi connectivity index (χ2v) is 4.67.